The van der Waals surface area contributed by atoms with E-state index in [0.717, 1.165) is 12.0 Å². The van der Waals surface area contributed by atoms with Crippen LogP contribution in [0.3, 0.4) is 0 Å². The molecule has 2 nitrogen and oxygen atoms in total. The number of amides is 1. The van der Waals surface area contributed by atoms with Crippen molar-refractivity contribution in [3.05, 3.63) is 63.6 Å². The summed E-state index contributed by atoms with van der Waals surface area (Å²) in [5.41, 5.74) is 2.08. The predicted molar refractivity (Wildman–Crippen MR) is 85.3 cm³/mol. The van der Waals surface area contributed by atoms with Crippen LogP contribution in [-0.4, -0.2) is 11.8 Å². The highest BCUT2D eigenvalue weighted by Crippen LogP contribution is 2.25. The first-order chi connectivity index (χ1) is 9.61. The molecule has 0 bridgehead atoms. The van der Waals surface area contributed by atoms with Crippen LogP contribution in [0.5, 0.6) is 0 Å². The molecule has 2 rings (SSSR count). The Morgan fingerprint density at radius 3 is 2.15 bits per heavy atom. The molecule has 104 valence electrons. The summed E-state index contributed by atoms with van der Waals surface area (Å²) in [7, 11) is 0. The Labute approximate surface area is 132 Å². The number of anilines is 1. The van der Waals surface area contributed by atoms with Gasteiger partial charge in [0.05, 0.1) is 15.6 Å². The Kier molecular flexibility index (Phi) is 5.30. The minimum atomic E-state index is -0.328. The molecule has 0 fully saturated rings. The van der Waals surface area contributed by atoms with E-state index in [1.165, 1.54) is 0 Å². The van der Waals surface area contributed by atoms with E-state index in [2.05, 4.69) is 5.32 Å². The molecule has 0 saturated carbocycles. The first-order valence-electron chi connectivity index (χ1n) is 6.02. The molecule has 0 radical (unpaired) electrons. The quantitative estimate of drug-likeness (QED) is 0.784. The second kappa shape index (κ2) is 6.98. The molecule has 0 aliphatic carbocycles. The van der Waals surface area contributed by atoms with Gasteiger partial charge < -0.3 is 5.32 Å². The number of carbonyl (C=O) groups excluding carboxylic acids is 1. The standard InChI is InChI=1S/C15H12Cl3NO/c16-9-8-10-4-6-11(7-5-10)19-15(20)14-12(17)2-1-3-13(14)18/h1-7H,8-9H2,(H,19,20). The van der Waals surface area contributed by atoms with Gasteiger partial charge in [0.2, 0.25) is 0 Å². The van der Waals surface area contributed by atoms with Crippen LogP contribution in [0.4, 0.5) is 5.69 Å². The van der Waals surface area contributed by atoms with Gasteiger partial charge in [-0.1, -0.05) is 41.4 Å². The largest absolute Gasteiger partial charge is 0.322 e. The first kappa shape index (κ1) is 15.2. The Hall–Kier alpha value is -1.22. The lowest BCUT2D eigenvalue weighted by atomic mass is 10.1. The highest BCUT2D eigenvalue weighted by molar-refractivity contribution is 6.40. The second-order valence-corrected chi connectivity index (χ2v) is 5.38. The van der Waals surface area contributed by atoms with Crippen molar-refractivity contribution in [1.82, 2.24) is 0 Å². The van der Waals surface area contributed by atoms with Crippen LogP contribution >= 0.6 is 34.8 Å². The third-order valence-electron chi connectivity index (χ3n) is 2.78. The monoisotopic (exact) mass is 327 g/mol. The Balaban J connectivity index is 2.15. The van der Waals surface area contributed by atoms with E-state index in [4.69, 9.17) is 34.8 Å². The number of benzene rings is 2. The molecule has 1 amide bonds. The summed E-state index contributed by atoms with van der Waals surface area (Å²) in [5.74, 6) is 0.242. The van der Waals surface area contributed by atoms with Crippen LogP contribution in [0, 0.1) is 0 Å². The van der Waals surface area contributed by atoms with Gasteiger partial charge in [0, 0.05) is 11.6 Å². The Morgan fingerprint density at radius 1 is 1.00 bits per heavy atom. The molecule has 2 aromatic rings. The normalized spacial score (nSPS) is 10.3. The van der Waals surface area contributed by atoms with Gasteiger partial charge in [-0.05, 0) is 36.2 Å². The van der Waals surface area contributed by atoms with E-state index < -0.39 is 0 Å². The lowest BCUT2D eigenvalue weighted by Crippen LogP contribution is -2.13. The fourth-order valence-electron chi connectivity index (χ4n) is 1.77. The summed E-state index contributed by atoms with van der Waals surface area (Å²) in [6.45, 7) is 0. The zero-order valence-electron chi connectivity index (χ0n) is 10.5. The number of carbonyl (C=O) groups is 1. The number of hydrogen-bond donors (Lipinski definition) is 1. The molecule has 0 aliphatic heterocycles. The summed E-state index contributed by atoms with van der Waals surface area (Å²) >= 11 is 17.7. The maximum Gasteiger partial charge on any atom is 0.258 e. The lowest BCUT2D eigenvalue weighted by Gasteiger charge is -2.09. The molecule has 0 unspecified atom stereocenters. The van der Waals surface area contributed by atoms with Crippen LogP contribution in [0.1, 0.15) is 15.9 Å². The third kappa shape index (κ3) is 3.66. The van der Waals surface area contributed by atoms with Gasteiger partial charge >= 0.3 is 0 Å². The van der Waals surface area contributed by atoms with Crippen LogP contribution in [0.25, 0.3) is 0 Å². The van der Waals surface area contributed by atoms with Gasteiger partial charge in [-0.2, -0.15) is 0 Å². The topological polar surface area (TPSA) is 29.1 Å². The Morgan fingerprint density at radius 2 is 1.60 bits per heavy atom. The summed E-state index contributed by atoms with van der Waals surface area (Å²) < 4.78 is 0. The molecular formula is C15H12Cl3NO. The molecule has 2 aromatic carbocycles. The number of alkyl halides is 1. The minimum absolute atomic E-state index is 0.278. The lowest BCUT2D eigenvalue weighted by molar-refractivity contribution is 0.102. The smallest absolute Gasteiger partial charge is 0.258 e. The molecular weight excluding hydrogens is 317 g/mol. The molecule has 0 heterocycles. The van der Waals surface area contributed by atoms with Gasteiger partial charge in [0.25, 0.3) is 5.91 Å². The fraction of sp³-hybridized carbons (Fsp3) is 0.133. The van der Waals surface area contributed by atoms with Crippen LogP contribution in [0.2, 0.25) is 10.0 Å². The molecule has 5 heteroatoms. The zero-order chi connectivity index (χ0) is 14.5. The summed E-state index contributed by atoms with van der Waals surface area (Å²) in [4.78, 5) is 12.2. The number of nitrogens with one attached hydrogen (secondary N) is 1. The van der Waals surface area contributed by atoms with Gasteiger partial charge in [-0.3, -0.25) is 4.79 Å². The van der Waals surface area contributed by atoms with E-state index in [1.54, 1.807) is 18.2 Å². The van der Waals surface area contributed by atoms with Crippen LogP contribution < -0.4 is 5.32 Å². The van der Waals surface area contributed by atoms with E-state index >= 15 is 0 Å². The maximum atomic E-state index is 12.2. The molecule has 0 aromatic heterocycles. The van der Waals surface area contributed by atoms with Gasteiger partial charge in [-0.25, -0.2) is 0 Å². The van der Waals surface area contributed by atoms with E-state index in [-0.39, 0.29) is 11.5 Å². The number of rotatable bonds is 4. The molecule has 0 atom stereocenters. The van der Waals surface area contributed by atoms with Gasteiger partial charge in [0.1, 0.15) is 0 Å². The SMILES string of the molecule is O=C(Nc1ccc(CCCl)cc1)c1c(Cl)cccc1Cl. The fourth-order valence-corrected chi connectivity index (χ4v) is 2.56. The average Bonchev–Trinajstić information content (AvgIpc) is 2.41. The van der Waals surface area contributed by atoms with Crippen molar-refractivity contribution < 1.29 is 4.79 Å². The molecule has 0 spiro atoms. The van der Waals surface area contributed by atoms with Crippen molar-refractivity contribution in [3.8, 4) is 0 Å². The number of hydrogen-bond acceptors (Lipinski definition) is 1. The van der Waals surface area contributed by atoms with Crippen LogP contribution in [0.15, 0.2) is 42.5 Å². The van der Waals surface area contributed by atoms with Crippen molar-refractivity contribution in [3.63, 3.8) is 0 Å². The zero-order valence-corrected chi connectivity index (χ0v) is 12.8. The molecule has 20 heavy (non-hydrogen) atoms. The number of halogens is 3. The first-order valence-corrected chi connectivity index (χ1v) is 7.31. The van der Waals surface area contributed by atoms with Crippen molar-refractivity contribution in [2.24, 2.45) is 0 Å². The highest BCUT2D eigenvalue weighted by atomic mass is 35.5. The van der Waals surface area contributed by atoms with E-state index in [1.807, 2.05) is 24.3 Å². The highest BCUT2D eigenvalue weighted by Gasteiger charge is 2.14. The van der Waals surface area contributed by atoms with E-state index in [0.29, 0.717) is 21.6 Å². The van der Waals surface area contributed by atoms with Crippen LogP contribution in [-0.2, 0) is 6.42 Å². The van der Waals surface area contributed by atoms with Gasteiger partial charge in [0.15, 0.2) is 0 Å². The minimum Gasteiger partial charge on any atom is -0.322 e. The summed E-state index contributed by atoms with van der Waals surface area (Å²) in [6, 6.07) is 12.5. The molecule has 1 N–H and O–H groups in total. The van der Waals surface area contributed by atoms with Crippen molar-refractivity contribution in [1.29, 1.82) is 0 Å². The maximum absolute atomic E-state index is 12.2. The van der Waals surface area contributed by atoms with Crippen molar-refractivity contribution in [2.75, 3.05) is 11.2 Å². The number of aryl methyl sites for hydroxylation is 1. The average molecular weight is 329 g/mol. The summed E-state index contributed by atoms with van der Waals surface area (Å²) in [6.07, 6.45) is 0.798. The van der Waals surface area contributed by atoms with Gasteiger partial charge in [-0.15, -0.1) is 11.6 Å². The van der Waals surface area contributed by atoms with E-state index in [9.17, 15) is 4.79 Å². The second-order valence-electron chi connectivity index (χ2n) is 4.19. The summed E-state index contributed by atoms with van der Waals surface area (Å²) in [5, 5.41) is 3.42. The van der Waals surface area contributed by atoms with Crippen molar-refractivity contribution >= 4 is 46.4 Å². The van der Waals surface area contributed by atoms with Crippen molar-refractivity contribution in [2.45, 2.75) is 6.42 Å². The molecule has 0 saturated heterocycles. The molecule has 0 aliphatic rings. The third-order valence-corrected chi connectivity index (χ3v) is 3.60. The Bertz CT molecular complexity index is 591. The predicted octanol–water partition coefficient (Wildman–Crippen LogP) is 5.03.